The number of fused-ring (bicyclic) bond motifs is 24. The van der Waals surface area contributed by atoms with Crippen molar-refractivity contribution < 1.29 is 0 Å². The van der Waals surface area contributed by atoms with Gasteiger partial charge in [0, 0.05) is 219 Å². The van der Waals surface area contributed by atoms with Crippen molar-refractivity contribution in [3.8, 4) is 60.2 Å². The van der Waals surface area contributed by atoms with Gasteiger partial charge in [0.05, 0.1) is 52.4 Å². The topological polar surface area (TPSA) is 39.4 Å². The fraction of sp³-hybridized carbons (Fsp3) is 0.0656. The van der Waals surface area contributed by atoms with E-state index in [1.165, 1.54) is 0 Å². The lowest BCUT2D eigenvalue weighted by Gasteiger charge is -2.16. The van der Waals surface area contributed by atoms with Gasteiger partial charge in [0.15, 0.2) is 0 Å². The highest BCUT2D eigenvalue weighted by molar-refractivity contribution is 6.15. The summed E-state index contributed by atoms with van der Waals surface area (Å²) in [6, 6.07) is 140. The van der Waals surface area contributed by atoms with Crippen molar-refractivity contribution in [1.82, 2.24) is 36.5 Å². The van der Waals surface area contributed by atoms with Crippen LogP contribution in [0.2, 0.25) is 0 Å². The third-order valence-electron chi connectivity index (χ3n) is 26.9. The van der Waals surface area contributed by atoms with Gasteiger partial charge < -0.3 is 36.5 Å². The number of rotatable bonds is 16. The lowest BCUT2D eigenvalue weighted by molar-refractivity contribution is 0.815. The minimum absolute atomic E-state index is 0.327. The summed E-state index contributed by atoms with van der Waals surface area (Å²) in [5.41, 5.74) is 23.8. The van der Waals surface area contributed by atoms with Gasteiger partial charge in [-0.15, -0.1) is 12.8 Å². The second-order valence-electron chi connectivity index (χ2n) is 33.8. The first-order valence-corrected chi connectivity index (χ1v) is 44.5. The number of aromatic nitrogens is 8. The molecule has 0 unspecified atom stereocenters. The highest BCUT2D eigenvalue weighted by Gasteiger charge is 2.25. The van der Waals surface area contributed by atoms with Crippen molar-refractivity contribution in [3.63, 3.8) is 0 Å². The monoisotopic (exact) mass is 1660 g/mol. The summed E-state index contributed by atoms with van der Waals surface area (Å²) in [5, 5.41) is 18.4. The molecule has 24 aromatic rings. The van der Waals surface area contributed by atoms with Crippen LogP contribution in [0.1, 0.15) is 0 Å². The fourth-order valence-electron chi connectivity index (χ4n) is 20.8. The molecule has 130 heavy (non-hydrogen) atoms. The van der Waals surface area contributed by atoms with Crippen molar-refractivity contribution in [3.05, 3.63) is 433 Å². The summed E-state index contributed by atoms with van der Waals surface area (Å²) in [6.07, 6.45) is 14.4. The van der Waals surface area contributed by atoms with E-state index in [1.807, 2.05) is 0 Å². The molecule has 0 N–H and O–H groups in total. The van der Waals surface area contributed by atoms with E-state index >= 15 is 0 Å². The molecular weight excluding hydrogens is 1580 g/mol. The number of hydrogen-bond donors (Lipinski definition) is 0. The molecule has 8 nitrogen and oxygen atoms in total. The van der Waals surface area contributed by atoms with E-state index in [9.17, 15) is 0 Å². The summed E-state index contributed by atoms with van der Waals surface area (Å²) in [7, 11) is 0. The normalized spacial score (nSPS) is 12.7. The van der Waals surface area contributed by atoms with Gasteiger partial charge in [-0.05, 0) is 97.1 Å². The Bertz CT molecular complexity index is 8360. The van der Waals surface area contributed by atoms with E-state index < -0.39 is 0 Å². The summed E-state index contributed by atoms with van der Waals surface area (Å²) in [5.74, 6) is 31.8. The molecule has 0 aliphatic rings. The van der Waals surface area contributed by atoms with Gasteiger partial charge in [0.25, 0.3) is 0 Å². The van der Waals surface area contributed by atoms with Crippen LogP contribution in [0, 0.1) is 60.2 Å². The van der Waals surface area contributed by atoms with Crippen LogP contribution in [0.3, 0.4) is 0 Å². The number of nitrogens with zero attached hydrogens (tertiary/aromatic N) is 8. The zero-order chi connectivity index (χ0) is 86.3. The van der Waals surface area contributed by atoms with E-state index in [1.54, 1.807) is 0 Å². The van der Waals surface area contributed by atoms with Crippen LogP contribution < -0.4 is 0 Å². The molecule has 0 saturated heterocycles. The molecule has 8 aromatic heterocycles. The van der Waals surface area contributed by atoms with Gasteiger partial charge >= 0.3 is 0 Å². The van der Waals surface area contributed by atoms with Crippen molar-refractivity contribution in [1.29, 1.82) is 0 Å². The molecule has 0 aliphatic heterocycles. The van der Waals surface area contributed by atoms with Crippen LogP contribution in [0.5, 0.6) is 0 Å². The molecule has 0 fully saturated rings. The molecule has 610 valence electrons. The first-order chi connectivity index (χ1) is 64.4. The third-order valence-corrected chi connectivity index (χ3v) is 26.9. The van der Waals surface area contributed by atoms with Crippen LogP contribution in [0.25, 0.3) is 174 Å². The van der Waals surface area contributed by atoms with Gasteiger partial charge in [-0.1, -0.05) is 339 Å². The van der Waals surface area contributed by atoms with Gasteiger partial charge in [-0.3, -0.25) is 0 Å². The molecule has 0 radical (unpaired) electrons. The van der Waals surface area contributed by atoms with Crippen LogP contribution in [0.15, 0.2) is 433 Å². The molecule has 0 bridgehead atoms. The summed E-state index contributed by atoms with van der Waals surface area (Å²) < 4.78 is 19.4. The zero-order valence-corrected chi connectivity index (χ0v) is 71.3. The smallest absolute Gasteiger partial charge is 0.0571 e. The number of hydrogen-bond acceptors (Lipinski definition) is 0. The van der Waals surface area contributed by atoms with Crippen molar-refractivity contribution in [2.24, 2.45) is 0 Å². The maximum Gasteiger partial charge on any atom is 0.0571 e. The second-order valence-corrected chi connectivity index (χ2v) is 33.8. The predicted molar refractivity (Wildman–Crippen MR) is 545 cm³/mol. The lowest BCUT2D eigenvalue weighted by Crippen LogP contribution is -2.10. The molecule has 16 aromatic carbocycles. The molecule has 0 amide bonds. The van der Waals surface area contributed by atoms with Crippen molar-refractivity contribution in [2.75, 3.05) is 0 Å². The minimum Gasteiger partial charge on any atom is -0.335 e. The fourth-order valence-corrected chi connectivity index (χ4v) is 20.8. The van der Waals surface area contributed by atoms with Crippen LogP contribution >= 0.6 is 0 Å². The molecular formula is C122H82N8. The van der Waals surface area contributed by atoms with Gasteiger partial charge in [-0.25, -0.2) is 0 Å². The molecule has 8 heterocycles. The number of benzene rings is 16. The molecule has 8 heteroatoms. The number of allylic oxidation sites excluding steroid dienone is 8. The molecule has 0 atom stereocenters. The van der Waals surface area contributed by atoms with Gasteiger partial charge in [0.1, 0.15) is 0 Å². The van der Waals surface area contributed by atoms with Gasteiger partial charge in [0.2, 0.25) is 0 Å². The maximum atomic E-state index is 7.21. The Morgan fingerprint density at radius 1 is 0.131 bits per heavy atom. The highest BCUT2D eigenvalue weighted by Crippen LogP contribution is 2.41. The van der Waals surface area contributed by atoms with Crippen molar-refractivity contribution >= 4 is 174 Å². The summed E-state index contributed by atoms with van der Waals surface area (Å²) in [4.78, 5) is 0. The number of para-hydroxylation sites is 16. The molecule has 0 spiro atoms. The molecule has 24 rings (SSSR count). The van der Waals surface area contributed by atoms with E-state index in [0.29, 0.717) is 52.4 Å². The quantitative estimate of drug-likeness (QED) is 0.0865. The van der Waals surface area contributed by atoms with Crippen LogP contribution in [-0.4, -0.2) is 36.5 Å². The minimum atomic E-state index is 0.327. The van der Waals surface area contributed by atoms with Crippen LogP contribution in [-0.2, 0) is 52.4 Å². The summed E-state index contributed by atoms with van der Waals surface area (Å²) in [6.45, 7) is 2.84. The van der Waals surface area contributed by atoms with E-state index in [2.05, 4.69) is 472 Å². The van der Waals surface area contributed by atoms with Gasteiger partial charge in [-0.2, -0.15) is 0 Å². The Kier molecular flexibility index (Phi) is 18.8. The Morgan fingerprint density at radius 3 is 0.315 bits per heavy atom. The second kappa shape index (κ2) is 32.0. The average molecular weight is 1660 g/mol. The first-order valence-electron chi connectivity index (χ1n) is 44.5. The molecule has 0 aliphatic carbocycles. The highest BCUT2D eigenvalue weighted by atomic mass is 15.0. The third kappa shape index (κ3) is 12.9. The average Bonchev–Trinajstić information content (AvgIpc) is 1.62. The Hall–Kier alpha value is -17.3. The predicted octanol–water partition coefficient (Wildman–Crippen LogP) is 27.9. The SMILES string of the molecule is C#CC(Cn1c2ccccc2c2ccccc21)=C(C#CC(Cn1c2ccccc2c2ccccc21)=C(C#CC(Cn1c2ccccc2c2ccccc21)=C(C#CC(Cn1c2ccccc2c2ccccc21)=C(C#C)Cn1c2ccccc2c2ccccc21)Cn1c2ccccc2c2ccccc21)Cn1c2ccccc2c2ccccc21)Cn1c2ccccc2c2ccccc21. The van der Waals surface area contributed by atoms with E-state index in [4.69, 9.17) is 12.8 Å². The van der Waals surface area contributed by atoms with E-state index in [-0.39, 0.29) is 0 Å². The Balaban J connectivity index is 0.828. The first kappa shape index (κ1) is 76.3. The number of terminal acetylenes is 2. The summed E-state index contributed by atoms with van der Waals surface area (Å²) >= 11 is 0. The molecule has 0 saturated carbocycles. The van der Waals surface area contributed by atoms with Crippen molar-refractivity contribution in [2.45, 2.75) is 52.4 Å². The largest absolute Gasteiger partial charge is 0.335 e. The zero-order valence-electron chi connectivity index (χ0n) is 71.3. The van der Waals surface area contributed by atoms with Crippen LogP contribution in [0.4, 0.5) is 0 Å². The van der Waals surface area contributed by atoms with E-state index in [0.717, 1.165) is 219 Å². The maximum absolute atomic E-state index is 7.21. The Labute approximate surface area is 751 Å². The Morgan fingerprint density at radius 2 is 0.215 bits per heavy atom. The lowest BCUT2D eigenvalue weighted by atomic mass is 10.0. The standard InChI is InChI=1S/C122H82N8/c1-3-83(75-123-107-53-21-5-37-91(107)92-38-6-22-54-108(92)123)85(77-125-111-57-25-9-41-95(111)96-42-10-26-58-112(96)125)69-71-87(79-127-115-61-29-13-45-99(115)100-46-14-30-62-116(100)127)89(81-129-119-65-33-17-49-103(119)104-50-18-34-66-120(104)129)73-74-90(82-130-121-67-35-19-51-105(121)106-52-20-36-68-122(106)130)88(80-128-117-63-31-15-47-101(117)102-48-16-32-64-118(102)128)72-70-86(78-126-113-59-27-11-43-97(113)98-44-12-28-60-114(98)126)84(4-2)76-124-109-55-23-7-39-93(109)94-40-8-24-56-110(94)124/h1-2,5-68H,75-82H2.